The van der Waals surface area contributed by atoms with Crippen LogP contribution in [0.3, 0.4) is 0 Å². The van der Waals surface area contributed by atoms with E-state index in [9.17, 15) is 4.79 Å². The highest BCUT2D eigenvalue weighted by Crippen LogP contribution is 2.00. The zero-order chi connectivity index (χ0) is 7.56. The van der Waals surface area contributed by atoms with E-state index in [2.05, 4.69) is 15.9 Å². The molecular formula is C7H7BrOSi. The summed E-state index contributed by atoms with van der Waals surface area (Å²) < 4.78 is -0.0156. The lowest BCUT2D eigenvalue weighted by molar-refractivity contribution is 0.109. The number of benzene rings is 1. The minimum absolute atomic E-state index is 0.0156. The molecule has 0 saturated heterocycles. The first-order valence-corrected chi connectivity index (χ1v) is 4.76. The SMILES string of the molecule is O=C(Br)c1ccccc1[SiH3]. The molecule has 0 unspecified atom stereocenters. The summed E-state index contributed by atoms with van der Waals surface area (Å²) in [5, 5.41) is 1.14. The van der Waals surface area contributed by atoms with Crippen LogP contribution in [0.5, 0.6) is 0 Å². The molecule has 0 bridgehead atoms. The quantitative estimate of drug-likeness (QED) is 0.483. The molecule has 0 fully saturated rings. The first-order chi connectivity index (χ1) is 4.72. The van der Waals surface area contributed by atoms with E-state index in [1.165, 1.54) is 0 Å². The third-order valence-electron chi connectivity index (χ3n) is 1.36. The van der Waals surface area contributed by atoms with E-state index in [-0.39, 0.29) is 4.69 Å². The lowest BCUT2D eigenvalue weighted by Crippen LogP contribution is -2.11. The molecule has 0 aliphatic rings. The van der Waals surface area contributed by atoms with Crippen molar-refractivity contribution in [3.8, 4) is 0 Å². The molecular weight excluding hydrogens is 208 g/mol. The molecule has 0 aliphatic carbocycles. The van der Waals surface area contributed by atoms with Crippen molar-refractivity contribution in [2.45, 2.75) is 0 Å². The highest BCUT2D eigenvalue weighted by molar-refractivity contribution is 9.18. The van der Waals surface area contributed by atoms with E-state index in [1.54, 1.807) is 0 Å². The molecule has 0 atom stereocenters. The summed E-state index contributed by atoms with van der Waals surface area (Å²) in [4.78, 5) is 10.8. The van der Waals surface area contributed by atoms with Gasteiger partial charge in [0.05, 0.1) is 0 Å². The molecule has 3 heteroatoms. The molecule has 0 aliphatic heterocycles. The Labute approximate surface area is 71.0 Å². The Morgan fingerprint density at radius 2 is 2.00 bits per heavy atom. The van der Waals surface area contributed by atoms with Crippen LogP contribution >= 0.6 is 15.9 Å². The van der Waals surface area contributed by atoms with Gasteiger partial charge in [0, 0.05) is 15.8 Å². The number of halogens is 1. The van der Waals surface area contributed by atoms with Crippen LogP contribution in [0, 0.1) is 0 Å². The van der Waals surface area contributed by atoms with Gasteiger partial charge in [0.1, 0.15) is 0 Å². The lowest BCUT2D eigenvalue weighted by Gasteiger charge is -1.96. The normalized spacial score (nSPS) is 9.70. The summed E-state index contributed by atoms with van der Waals surface area (Å²) in [5.41, 5.74) is 0.800. The van der Waals surface area contributed by atoms with Crippen molar-refractivity contribution >= 4 is 36.1 Å². The zero-order valence-electron chi connectivity index (χ0n) is 5.60. The monoisotopic (exact) mass is 214 g/mol. The number of rotatable bonds is 1. The standard InChI is InChI=1S/C7H7BrOSi/c8-7(9)5-3-1-2-4-6(5)10/h1-4H,10H3. The van der Waals surface area contributed by atoms with Crippen LogP contribution < -0.4 is 5.19 Å². The van der Waals surface area contributed by atoms with E-state index in [1.807, 2.05) is 24.3 Å². The maximum atomic E-state index is 10.8. The van der Waals surface area contributed by atoms with Crippen molar-refractivity contribution < 1.29 is 4.79 Å². The van der Waals surface area contributed by atoms with Crippen LogP contribution in [0.15, 0.2) is 24.3 Å². The van der Waals surface area contributed by atoms with Crippen LogP contribution in [0.2, 0.25) is 0 Å². The van der Waals surface area contributed by atoms with Crippen molar-refractivity contribution in [1.29, 1.82) is 0 Å². The zero-order valence-corrected chi connectivity index (χ0v) is 9.18. The predicted octanol–water partition coefficient (Wildman–Crippen LogP) is 0.212. The van der Waals surface area contributed by atoms with E-state index in [4.69, 9.17) is 0 Å². The van der Waals surface area contributed by atoms with Crippen LogP contribution in [0.25, 0.3) is 0 Å². The summed E-state index contributed by atoms with van der Waals surface area (Å²) in [6.07, 6.45) is 0. The number of carbonyl (C=O) groups excluding carboxylic acids is 1. The second kappa shape index (κ2) is 3.12. The Morgan fingerprint density at radius 1 is 1.40 bits per heavy atom. The number of hydrogen-bond acceptors (Lipinski definition) is 1. The molecule has 0 N–H and O–H groups in total. The fourth-order valence-corrected chi connectivity index (χ4v) is 2.19. The molecule has 52 valence electrons. The number of hydrogen-bond donors (Lipinski definition) is 0. The third-order valence-corrected chi connectivity index (χ3v) is 2.66. The Morgan fingerprint density at radius 3 is 2.40 bits per heavy atom. The largest absolute Gasteiger partial charge is 0.281 e. The third kappa shape index (κ3) is 1.55. The first-order valence-electron chi connectivity index (χ1n) is 2.97. The Bertz CT molecular complexity index is 260. The van der Waals surface area contributed by atoms with Crippen molar-refractivity contribution in [1.82, 2.24) is 0 Å². The van der Waals surface area contributed by atoms with E-state index >= 15 is 0 Å². The smallest absolute Gasteiger partial charge is 0.227 e. The molecule has 0 radical (unpaired) electrons. The lowest BCUT2D eigenvalue weighted by atomic mass is 10.2. The fraction of sp³-hybridized carbons (Fsp3) is 0. The molecule has 1 aromatic carbocycles. The Hall–Kier alpha value is -0.413. The van der Waals surface area contributed by atoms with E-state index in [0.717, 1.165) is 21.0 Å². The van der Waals surface area contributed by atoms with Crippen LogP contribution in [-0.4, -0.2) is 14.9 Å². The van der Waals surface area contributed by atoms with Gasteiger partial charge in [0.25, 0.3) is 0 Å². The van der Waals surface area contributed by atoms with Crippen LogP contribution in [0.1, 0.15) is 10.4 Å². The maximum Gasteiger partial charge on any atom is 0.227 e. The molecule has 0 heterocycles. The molecule has 0 aromatic heterocycles. The second-order valence-electron chi connectivity index (χ2n) is 2.09. The van der Waals surface area contributed by atoms with Gasteiger partial charge in [-0.2, -0.15) is 0 Å². The molecule has 1 nitrogen and oxygen atoms in total. The topological polar surface area (TPSA) is 17.1 Å². The minimum Gasteiger partial charge on any atom is -0.281 e. The van der Waals surface area contributed by atoms with Gasteiger partial charge in [-0.15, -0.1) is 0 Å². The van der Waals surface area contributed by atoms with Crippen molar-refractivity contribution in [2.75, 3.05) is 0 Å². The van der Waals surface area contributed by atoms with Crippen LogP contribution in [0.4, 0.5) is 0 Å². The molecule has 1 rings (SSSR count). The van der Waals surface area contributed by atoms with Gasteiger partial charge in [-0.3, -0.25) is 4.79 Å². The highest BCUT2D eigenvalue weighted by Gasteiger charge is 2.01. The van der Waals surface area contributed by atoms with Crippen LogP contribution in [-0.2, 0) is 0 Å². The van der Waals surface area contributed by atoms with Gasteiger partial charge in [-0.1, -0.05) is 29.5 Å². The highest BCUT2D eigenvalue weighted by atomic mass is 79.9. The summed E-state index contributed by atoms with van der Waals surface area (Å²) >= 11 is 2.92. The average molecular weight is 215 g/mol. The molecule has 1 aromatic rings. The van der Waals surface area contributed by atoms with Gasteiger partial charge in [0.15, 0.2) is 0 Å². The average Bonchev–Trinajstić information content (AvgIpc) is 1.88. The molecule has 0 saturated carbocycles. The van der Waals surface area contributed by atoms with Gasteiger partial charge in [-0.25, -0.2) is 0 Å². The molecule has 0 spiro atoms. The van der Waals surface area contributed by atoms with Gasteiger partial charge < -0.3 is 0 Å². The Balaban J connectivity index is 3.15. The maximum absolute atomic E-state index is 10.8. The predicted molar refractivity (Wildman–Crippen MR) is 49.3 cm³/mol. The molecule has 0 amide bonds. The number of carbonyl (C=O) groups is 1. The summed E-state index contributed by atoms with van der Waals surface area (Å²) in [6.45, 7) is 0. The summed E-state index contributed by atoms with van der Waals surface area (Å²) in [7, 11) is 0.922. The van der Waals surface area contributed by atoms with Gasteiger partial charge in [-0.05, 0) is 15.9 Å². The first kappa shape index (κ1) is 7.69. The van der Waals surface area contributed by atoms with Gasteiger partial charge >= 0.3 is 0 Å². The second-order valence-corrected chi connectivity index (χ2v) is 3.89. The van der Waals surface area contributed by atoms with Crippen molar-refractivity contribution in [2.24, 2.45) is 0 Å². The summed E-state index contributed by atoms with van der Waals surface area (Å²) in [5.74, 6) is 0. The minimum atomic E-state index is -0.0156. The van der Waals surface area contributed by atoms with E-state index in [0.29, 0.717) is 0 Å². The van der Waals surface area contributed by atoms with Crippen molar-refractivity contribution in [3.63, 3.8) is 0 Å². The van der Waals surface area contributed by atoms with Crippen molar-refractivity contribution in [3.05, 3.63) is 29.8 Å². The van der Waals surface area contributed by atoms with Gasteiger partial charge in [0.2, 0.25) is 4.69 Å². The van der Waals surface area contributed by atoms with E-state index < -0.39 is 0 Å². The fourth-order valence-electron chi connectivity index (χ4n) is 0.793. The molecule has 10 heavy (non-hydrogen) atoms. The Kier molecular flexibility index (Phi) is 2.40. The summed E-state index contributed by atoms with van der Waals surface area (Å²) in [6, 6.07) is 7.62.